The Morgan fingerprint density at radius 1 is 0.389 bits per heavy atom. The van der Waals surface area contributed by atoms with Crippen molar-refractivity contribution in [2.24, 2.45) is 0 Å². The average Bonchev–Trinajstić information content (AvgIpc) is 3.37. The molecule has 0 heterocycles. The Morgan fingerprint density at radius 2 is 0.694 bits per heavy atom. The molecule has 2 N–H and O–H groups in total. The first kappa shape index (κ1) is 69.4. The van der Waals surface area contributed by atoms with Gasteiger partial charge >= 0.3 is 25.7 Å². The van der Waals surface area contributed by atoms with Crippen LogP contribution in [-0.4, -0.2) is 66.5 Å². The number of carbonyl (C=O) groups is 3. The van der Waals surface area contributed by atoms with Crippen LogP contribution in [0.2, 0.25) is 0 Å². The predicted octanol–water partition coefficient (Wildman–Crippen LogP) is 17.4. The molecule has 0 saturated carbocycles. The number of allylic oxidation sites excluding steroid dienone is 8. The largest absolute Gasteiger partial charge is 0.472 e. The summed E-state index contributed by atoms with van der Waals surface area (Å²) in [6, 6.07) is 0. The van der Waals surface area contributed by atoms with E-state index in [4.69, 9.17) is 23.3 Å². The summed E-state index contributed by atoms with van der Waals surface area (Å²) in [5.41, 5.74) is 0. The first-order chi connectivity index (χ1) is 35.2. The topological polar surface area (TPSA) is 155 Å². The lowest BCUT2D eigenvalue weighted by Gasteiger charge is -2.21. The lowest BCUT2D eigenvalue weighted by Crippen LogP contribution is -2.30. The maximum absolute atomic E-state index is 12.9. The minimum Gasteiger partial charge on any atom is -0.462 e. The number of hydrogen-bond acceptors (Lipinski definition) is 10. The molecule has 3 atom stereocenters. The first-order valence-electron chi connectivity index (χ1n) is 29.5. The number of aliphatic hydroxyl groups is 1. The number of hydrogen-bond donors (Lipinski definition) is 2. The molecule has 0 radical (unpaired) electrons. The summed E-state index contributed by atoms with van der Waals surface area (Å²) in [5, 5.41) is 9.81. The number of phosphoric acid groups is 1. The Balaban J connectivity index is 4.67. The molecule has 11 nitrogen and oxygen atoms in total. The fourth-order valence-corrected chi connectivity index (χ4v) is 8.91. The molecule has 0 rings (SSSR count). The summed E-state index contributed by atoms with van der Waals surface area (Å²) < 4.78 is 39.5. The van der Waals surface area contributed by atoms with Crippen LogP contribution in [0.4, 0.5) is 0 Å². The van der Waals surface area contributed by atoms with Crippen LogP contribution in [0.5, 0.6) is 0 Å². The van der Waals surface area contributed by atoms with Crippen molar-refractivity contribution < 1.29 is 52.2 Å². The standard InChI is InChI=1S/C60H109O11P/c1-4-7-10-13-16-19-22-24-26-27-28-29-31-33-36-39-42-45-48-51-60(64)71-57(53-67-58(62)49-46-43-40-37-34-21-18-15-12-9-6-3)55-69-72(65,66)68-54-56(52-61)70-59(63)50-47-44-41-38-35-32-30-25-23-20-17-14-11-8-5-2/h15,17-18,20,24-26,30,56-57,61H,4-14,16,19,21-23,27-29,31-55H2,1-3H3,(H,65,66)/b18-15-,20-17-,26-24-,30-25-. The molecule has 0 aromatic carbocycles. The van der Waals surface area contributed by atoms with Crippen molar-refractivity contribution >= 4 is 25.7 Å². The highest BCUT2D eigenvalue weighted by Crippen LogP contribution is 2.43. The molecule has 0 aromatic heterocycles. The minimum atomic E-state index is -4.75. The fraction of sp³-hybridized carbons (Fsp3) is 0.817. The molecule has 3 unspecified atom stereocenters. The second-order valence-corrected chi connectivity index (χ2v) is 21.3. The SMILES string of the molecule is CCCC/C=C\CCCCCCCC(=O)OCC(COP(=O)(O)OCC(CO)OC(=O)CCCCCCC/C=C\C/C=C\CCCCC)OC(=O)CCCCCCCCCCC/C=C\CCCCCCCC. The van der Waals surface area contributed by atoms with E-state index in [0.717, 1.165) is 103 Å². The van der Waals surface area contributed by atoms with E-state index in [1.807, 2.05) is 0 Å². The molecule has 0 bridgehead atoms. The van der Waals surface area contributed by atoms with E-state index in [9.17, 15) is 28.9 Å². The summed E-state index contributed by atoms with van der Waals surface area (Å²) in [7, 11) is -4.75. The van der Waals surface area contributed by atoms with Crippen LogP contribution in [0.25, 0.3) is 0 Å². The van der Waals surface area contributed by atoms with Gasteiger partial charge in [-0.05, 0) is 96.3 Å². The highest BCUT2D eigenvalue weighted by molar-refractivity contribution is 7.47. The Hall–Kier alpha value is -2.56. The van der Waals surface area contributed by atoms with E-state index in [-0.39, 0.29) is 25.9 Å². The van der Waals surface area contributed by atoms with Gasteiger partial charge in [-0.2, -0.15) is 0 Å². The van der Waals surface area contributed by atoms with Gasteiger partial charge in [0.2, 0.25) is 0 Å². The Kier molecular flexibility index (Phi) is 52.7. The zero-order valence-corrected chi connectivity index (χ0v) is 47.3. The van der Waals surface area contributed by atoms with Crippen LogP contribution in [0, 0.1) is 0 Å². The molecular weight excluding hydrogens is 928 g/mol. The average molecular weight is 1040 g/mol. The van der Waals surface area contributed by atoms with Gasteiger partial charge in [-0.15, -0.1) is 0 Å². The number of phosphoric ester groups is 1. The quantitative estimate of drug-likeness (QED) is 0.0197. The van der Waals surface area contributed by atoms with Crippen LogP contribution in [0.3, 0.4) is 0 Å². The lowest BCUT2D eigenvalue weighted by atomic mass is 10.1. The van der Waals surface area contributed by atoms with Gasteiger partial charge < -0.3 is 24.2 Å². The highest BCUT2D eigenvalue weighted by atomic mass is 31.2. The van der Waals surface area contributed by atoms with E-state index in [1.165, 1.54) is 116 Å². The first-order valence-corrected chi connectivity index (χ1v) is 31.0. The van der Waals surface area contributed by atoms with E-state index in [0.29, 0.717) is 19.3 Å². The van der Waals surface area contributed by atoms with Crippen LogP contribution in [0.1, 0.15) is 278 Å². The maximum Gasteiger partial charge on any atom is 0.472 e. The molecule has 0 amide bonds. The summed E-state index contributed by atoms with van der Waals surface area (Å²) in [6.45, 7) is 4.58. The zero-order chi connectivity index (χ0) is 52.7. The number of rotatable bonds is 55. The molecule has 0 aliphatic carbocycles. The molecule has 0 spiro atoms. The summed E-state index contributed by atoms with van der Waals surface area (Å²) in [5.74, 6) is -1.48. The van der Waals surface area contributed by atoms with Gasteiger partial charge in [0.25, 0.3) is 0 Å². The van der Waals surface area contributed by atoms with E-state index >= 15 is 0 Å². The van der Waals surface area contributed by atoms with Crippen molar-refractivity contribution in [1.82, 2.24) is 0 Å². The van der Waals surface area contributed by atoms with Crippen LogP contribution < -0.4 is 0 Å². The predicted molar refractivity (Wildman–Crippen MR) is 298 cm³/mol. The van der Waals surface area contributed by atoms with Crippen molar-refractivity contribution in [2.45, 2.75) is 290 Å². The molecule has 0 aliphatic heterocycles. The third-order valence-electron chi connectivity index (χ3n) is 12.7. The fourth-order valence-electron chi connectivity index (χ4n) is 8.13. The van der Waals surface area contributed by atoms with Gasteiger partial charge in [-0.1, -0.05) is 211 Å². The van der Waals surface area contributed by atoms with E-state index in [2.05, 4.69) is 69.4 Å². The summed E-state index contributed by atoms with van der Waals surface area (Å²) in [6.07, 6.45) is 57.8. The van der Waals surface area contributed by atoms with E-state index in [1.54, 1.807) is 0 Å². The second-order valence-electron chi connectivity index (χ2n) is 19.8. The smallest absolute Gasteiger partial charge is 0.462 e. The molecule has 12 heteroatoms. The maximum atomic E-state index is 12.9. The van der Waals surface area contributed by atoms with Crippen LogP contribution in [-0.2, 0) is 42.2 Å². The molecule has 72 heavy (non-hydrogen) atoms. The van der Waals surface area contributed by atoms with Gasteiger partial charge in [0.05, 0.1) is 19.8 Å². The zero-order valence-electron chi connectivity index (χ0n) is 46.4. The number of ether oxygens (including phenoxy) is 3. The van der Waals surface area contributed by atoms with Gasteiger partial charge in [-0.25, -0.2) is 4.57 Å². The molecule has 0 fully saturated rings. The monoisotopic (exact) mass is 1040 g/mol. The second kappa shape index (κ2) is 54.7. The van der Waals surface area contributed by atoms with Crippen molar-refractivity contribution in [2.75, 3.05) is 26.4 Å². The third-order valence-corrected chi connectivity index (χ3v) is 13.6. The normalized spacial score (nSPS) is 13.7. The van der Waals surface area contributed by atoms with Crippen LogP contribution in [0.15, 0.2) is 48.6 Å². The highest BCUT2D eigenvalue weighted by Gasteiger charge is 2.28. The van der Waals surface area contributed by atoms with Crippen LogP contribution >= 0.6 is 7.82 Å². The molecular formula is C60H109O11P. The molecule has 0 saturated heterocycles. The number of unbranched alkanes of at least 4 members (excludes halogenated alkanes) is 30. The van der Waals surface area contributed by atoms with Crippen molar-refractivity contribution in [3.63, 3.8) is 0 Å². The third kappa shape index (κ3) is 52.3. The Bertz CT molecular complexity index is 1400. The van der Waals surface area contributed by atoms with Crippen molar-refractivity contribution in [3.8, 4) is 0 Å². The number of aliphatic hydroxyl groups excluding tert-OH is 1. The van der Waals surface area contributed by atoms with E-state index < -0.39 is 57.8 Å². The number of esters is 3. The summed E-state index contributed by atoms with van der Waals surface area (Å²) in [4.78, 5) is 48.5. The minimum absolute atomic E-state index is 0.162. The molecule has 0 aromatic rings. The molecule has 0 aliphatic rings. The van der Waals surface area contributed by atoms with Crippen molar-refractivity contribution in [3.05, 3.63) is 48.6 Å². The van der Waals surface area contributed by atoms with Gasteiger partial charge in [0.15, 0.2) is 6.10 Å². The van der Waals surface area contributed by atoms with Crippen molar-refractivity contribution in [1.29, 1.82) is 0 Å². The summed E-state index contributed by atoms with van der Waals surface area (Å²) >= 11 is 0. The molecule has 420 valence electrons. The van der Waals surface area contributed by atoms with Gasteiger partial charge in [0.1, 0.15) is 12.7 Å². The number of carbonyl (C=O) groups excluding carboxylic acids is 3. The lowest BCUT2D eigenvalue weighted by molar-refractivity contribution is -0.161. The Labute approximate surface area is 441 Å². The van der Waals surface area contributed by atoms with Gasteiger partial charge in [0, 0.05) is 19.3 Å². The van der Waals surface area contributed by atoms with Gasteiger partial charge in [-0.3, -0.25) is 23.4 Å². The Morgan fingerprint density at radius 3 is 1.11 bits per heavy atom.